The van der Waals surface area contributed by atoms with E-state index in [0.29, 0.717) is 30.0 Å². The van der Waals surface area contributed by atoms with E-state index < -0.39 is 0 Å². The van der Waals surface area contributed by atoms with E-state index in [2.05, 4.69) is 40.7 Å². The number of Topliss-reactive ketones (excluding diaryl/α,β-unsaturated/α-hetero) is 1. The molecule has 1 aliphatic heterocycles. The summed E-state index contributed by atoms with van der Waals surface area (Å²) < 4.78 is 11.1. The van der Waals surface area contributed by atoms with Gasteiger partial charge in [0, 0.05) is 24.9 Å². The lowest BCUT2D eigenvalue weighted by Gasteiger charge is -2.63. The van der Waals surface area contributed by atoms with Crippen LogP contribution < -0.4 is 0 Å². The van der Waals surface area contributed by atoms with Gasteiger partial charge in [0.25, 0.3) is 0 Å². The largest absolute Gasteiger partial charge is 0.435 e. The van der Waals surface area contributed by atoms with Crippen molar-refractivity contribution in [2.75, 3.05) is 7.11 Å². The SMILES string of the molecule is CO[C@H]1OC(=O)C[C@H]1[C@@H]1CC[C@]2(C)C3=CC[C@H]4C(C)(C)C(=O)CC[C@]4(C)[C@H]3CC[C@@]12C. The third-order valence-electron chi connectivity index (χ3n) is 11.4. The van der Waals surface area contributed by atoms with Crippen LogP contribution in [0.3, 0.4) is 0 Å². The Bertz CT molecular complexity index is 842. The minimum Gasteiger partial charge on any atom is -0.435 e. The Kier molecular flexibility index (Phi) is 4.67. The van der Waals surface area contributed by atoms with Gasteiger partial charge in [0.2, 0.25) is 6.29 Å². The Labute approximate surface area is 187 Å². The molecule has 4 heteroatoms. The minimum atomic E-state index is -0.387. The molecule has 0 N–H and O–H groups in total. The second-order valence-electron chi connectivity index (χ2n) is 12.5. The molecule has 0 spiro atoms. The lowest BCUT2D eigenvalue weighted by Crippen LogP contribution is -2.57. The van der Waals surface area contributed by atoms with Crippen LogP contribution in [0.15, 0.2) is 11.6 Å². The van der Waals surface area contributed by atoms with Gasteiger partial charge >= 0.3 is 5.97 Å². The first kappa shape index (κ1) is 21.7. The Balaban J connectivity index is 1.51. The van der Waals surface area contributed by atoms with Crippen molar-refractivity contribution in [2.24, 2.45) is 45.3 Å². The highest BCUT2D eigenvalue weighted by Gasteiger charge is 2.66. The van der Waals surface area contributed by atoms with Gasteiger partial charge in [0.15, 0.2) is 0 Å². The Morgan fingerprint density at radius 1 is 1.03 bits per heavy atom. The zero-order chi connectivity index (χ0) is 22.4. The number of methoxy groups -OCH3 is 1. The van der Waals surface area contributed by atoms with E-state index in [-0.39, 0.29) is 39.8 Å². The highest BCUT2D eigenvalue weighted by Crippen LogP contribution is 2.73. The molecule has 5 aliphatic rings. The van der Waals surface area contributed by atoms with Gasteiger partial charge in [0.05, 0.1) is 6.42 Å². The molecule has 172 valence electrons. The van der Waals surface area contributed by atoms with Gasteiger partial charge in [-0.05, 0) is 72.5 Å². The van der Waals surface area contributed by atoms with Crippen molar-refractivity contribution >= 4 is 11.8 Å². The van der Waals surface area contributed by atoms with Gasteiger partial charge in [-0.15, -0.1) is 0 Å². The molecule has 0 aromatic rings. The highest BCUT2D eigenvalue weighted by atomic mass is 16.7. The van der Waals surface area contributed by atoms with Gasteiger partial charge < -0.3 is 9.47 Å². The summed E-state index contributed by atoms with van der Waals surface area (Å²) in [4.78, 5) is 24.9. The van der Waals surface area contributed by atoms with Crippen molar-refractivity contribution in [3.8, 4) is 0 Å². The zero-order valence-corrected chi connectivity index (χ0v) is 20.3. The first-order chi connectivity index (χ1) is 14.5. The number of ether oxygens (including phenoxy) is 2. The molecule has 0 unspecified atom stereocenters. The number of carbonyl (C=O) groups excluding carboxylic acids is 2. The maximum absolute atomic E-state index is 12.8. The Morgan fingerprint density at radius 3 is 2.48 bits per heavy atom. The zero-order valence-electron chi connectivity index (χ0n) is 20.3. The van der Waals surface area contributed by atoms with Crippen LogP contribution in [0.2, 0.25) is 0 Å². The molecule has 0 aromatic carbocycles. The molecule has 1 heterocycles. The van der Waals surface area contributed by atoms with Gasteiger partial charge in [-0.1, -0.05) is 46.3 Å². The molecule has 5 rings (SSSR count). The second-order valence-corrected chi connectivity index (χ2v) is 12.5. The number of esters is 1. The summed E-state index contributed by atoms with van der Waals surface area (Å²) in [6.45, 7) is 11.9. The molecule has 8 atom stereocenters. The molecule has 0 radical (unpaired) electrons. The molecular weight excluding hydrogens is 388 g/mol. The molecule has 0 bridgehead atoms. The Hall–Kier alpha value is -1.16. The minimum absolute atomic E-state index is 0.107. The second kappa shape index (κ2) is 6.68. The molecule has 1 saturated heterocycles. The van der Waals surface area contributed by atoms with Gasteiger partial charge in [0.1, 0.15) is 5.78 Å². The fraction of sp³-hybridized carbons (Fsp3) is 0.852. The average Bonchev–Trinajstić information content (AvgIpc) is 3.21. The molecule has 4 aliphatic carbocycles. The third-order valence-corrected chi connectivity index (χ3v) is 11.4. The van der Waals surface area contributed by atoms with Crippen LogP contribution in [-0.4, -0.2) is 25.2 Å². The van der Waals surface area contributed by atoms with E-state index in [1.54, 1.807) is 12.7 Å². The number of hydrogen-bond donors (Lipinski definition) is 0. The number of allylic oxidation sites excluding steroid dienone is 2. The van der Waals surface area contributed by atoms with Crippen LogP contribution in [0.1, 0.15) is 86.0 Å². The van der Waals surface area contributed by atoms with Crippen molar-refractivity contribution in [3.63, 3.8) is 0 Å². The molecule has 0 aromatic heterocycles. The summed E-state index contributed by atoms with van der Waals surface area (Å²) in [5, 5.41) is 0. The average molecular weight is 429 g/mol. The summed E-state index contributed by atoms with van der Waals surface area (Å²) in [6, 6.07) is 0. The summed E-state index contributed by atoms with van der Waals surface area (Å²) in [7, 11) is 1.67. The first-order valence-electron chi connectivity index (χ1n) is 12.4. The highest BCUT2D eigenvalue weighted by molar-refractivity contribution is 5.85. The van der Waals surface area contributed by atoms with Crippen LogP contribution in [0, 0.1) is 45.3 Å². The van der Waals surface area contributed by atoms with E-state index in [4.69, 9.17) is 9.47 Å². The van der Waals surface area contributed by atoms with E-state index in [9.17, 15) is 9.59 Å². The summed E-state index contributed by atoms with van der Waals surface area (Å²) in [6.07, 6.45) is 10.2. The molecule has 31 heavy (non-hydrogen) atoms. The smallest absolute Gasteiger partial charge is 0.308 e. The fourth-order valence-electron chi connectivity index (χ4n) is 9.35. The van der Waals surface area contributed by atoms with Crippen LogP contribution in [0.25, 0.3) is 0 Å². The lowest BCUT2D eigenvalue weighted by molar-refractivity contribution is -0.166. The summed E-state index contributed by atoms with van der Waals surface area (Å²) >= 11 is 0. The quantitative estimate of drug-likeness (QED) is 0.418. The van der Waals surface area contributed by atoms with Crippen LogP contribution in [-0.2, 0) is 19.1 Å². The fourth-order valence-corrected chi connectivity index (χ4v) is 9.35. The molecule has 3 saturated carbocycles. The third kappa shape index (κ3) is 2.63. The molecular formula is C27H40O4. The van der Waals surface area contributed by atoms with Crippen molar-refractivity contribution in [2.45, 2.75) is 92.3 Å². The molecule has 4 nitrogen and oxygen atoms in total. The number of fused-ring (bicyclic) bond motifs is 5. The predicted molar refractivity (Wildman–Crippen MR) is 119 cm³/mol. The van der Waals surface area contributed by atoms with E-state index in [1.807, 2.05) is 0 Å². The Morgan fingerprint density at radius 2 is 1.77 bits per heavy atom. The van der Waals surface area contributed by atoms with Crippen molar-refractivity contribution < 1.29 is 19.1 Å². The van der Waals surface area contributed by atoms with Crippen LogP contribution in [0.4, 0.5) is 0 Å². The number of cyclic esters (lactones) is 1. The monoisotopic (exact) mass is 428 g/mol. The standard InChI is InChI=1S/C27H40O4/c1-24(2)20-8-7-19-18(25(20,3)12-11-21(24)28)10-14-26(4)17(9-13-27(19,26)5)16-15-22(29)31-23(16)30-6/h7,16-18,20,23H,8-15H2,1-6H3/t16-,17-,18-,20-,23-,25+,26-,27+/m0/s1. The summed E-state index contributed by atoms with van der Waals surface area (Å²) in [5.74, 6) is 1.99. The number of ketones is 1. The van der Waals surface area contributed by atoms with Crippen molar-refractivity contribution in [3.05, 3.63) is 11.6 Å². The van der Waals surface area contributed by atoms with E-state index in [1.165, 1.54) is 19.3 Å². The first-order valence-corrected chi connectivity index (χ1v) is 12.4. The van der Waals surface area contributed by atoms with Gasteiger partial charge in [-0.2, -0.15) is 0 Å². The van der Waals surface area contributed by atoms with E-state index in [0.717, 1.165) is 25.7 Å². The number of carbonyl (C=O) groups is 2. The topological polar surface area (TPSA) is 52.6 Å². The number of rotatable bonds is 2. The maximum Gasteiger partial charge on any atom is 0.308 e. The van der Waals surface area contributed by atoms with Crippen LogP contribution in [0.5, 0.6) is 0 Å². The van der Waals surface area contributed by atoms with Gasteiger partial charge in [-0.25, -0.2) is 0 Å². The van der Waals surface area contributed by atoms with E-state index >= 15 is 0 Å². The van der Waals surface area contributed by atoms with Gasteiger partial charge in [-0.3, -0.25) is 9.59 Å². The normalized spacial score (nSPS) is 50.9. The molecule has 0 amide bonds. The van der Waals surface area contributed by atoms with Crippen LogP contribution >= 0.6 is 0 Å². The van der Waals surface area contributed by atoms with Crippen molar-refractivity contribution in [1.29, 1.82) is 0 Å². The maximum atomic E-state index is 12.8. The predicted octanol–water partition coefficient (Wildman–Crippen LogP) is 5.70. The molecule has 4 fully saturated rings. The summed E-state index contributed by atoms with van der Waals surface area (Å²) in [5.41, 5.74) is 1.98. The van der Waals surface area contributed by atoms with Crippen molar-refractivity contribution in [1.82, 2.24) is 0 Å². The lowest BCUT2D eigenvalue weighted by atomic mass is 9.41. The number of hydrogen-bond acceptors (Lipinski definition) is 4.